The lowest BCUT2D eigenvalue weighted by Crippen LogP contribution is -2.01. The summed E-state index contributed by atoms with van der Waals surface area (Å²) in [6.45, 7) is 0. The zero-order valence-corrected chi connectivity index (χ0v) is 27.3. The van der Waals surface area contributed by atoms with Gasteiger partial charge >= 0.3 is 0 Å². The van der Waals surface area contributed by atoms with Crippen LogP contribution in [0, 0.1) is 0 Å². The fourth-order valence-electron chi connectivity index (χ4n) is 7.98. The van der Waals surface area contributed by atoms with Crippen molar-refractivity contribution in [2.45, 2.75) is 0 Å². The summed E-state index contributed by atoms with van der Waals surface area (Å²) < 4.78 is 6.49. The van der Waals surface area contributed by atoms with Gasteiger partial charge < -0.3 is 4.42 Å². The number of rotatable bonds is 4. The molecule has 0 bridgehead atoms. The van der Waals surface area contributed by atoms with E-state index in [4.69, 9.17) is 19.4 Å². The van der Waals surface area contributed by atoms with E-state index in [0.717, 1.165) is 55.1 Å². The Bertz CT molecular complexity index is 3000. The van der Waals surface area contributed by atoms with Crippen molar-refractivity contribution < 1.29 is 4.42 Å². The fraction of sp³-hybridized carbons (Fsp3) is 0. The van der Waals surface area contributed by atoms with Crippen LogP contribution in [0.25, 0.3) is 111 Å². The Morgan fingerprint density at radius 2 is 0.961 bits per heavy atom. The number of furan rings is 1. The van der Waals surface area contributed by atoms with Gasteiger partial charge in [0.25, 0.3) is 0 Å². The number of aromatic nitrogens is 3. The largest absolute Gasteiger partial charge is 0.456 e. The summed E-state index contributed by atoms with van der Waals surface area (Å²) in [4.78, 5) is 15.7. The van der Waals surface area contributed by atoms with Crippen LogP contribution in [0.1, 0.15) is 0 Å². The van der Waals surface area contributed by atoms with Crippen LogP contribution in [0.3, 0.4) is 0 Å². The Morgan fingerprint density at radius 1 is 0.333 bits per heavy atom. The van der Waals surface area contributed by atoms with E-state index in [2.05, 4.69) is 133 Å². The summed E-state index contributed by atoms with van der Waals surface area (Å²) in [5.74, 6) is 1.84. The van der Waals surface area contributed by atoms with Crippen molar-refractivity contribution >= 4 is 43.5 Å². The summed E-state index contributed by atoms with van der Waals surface area (Å²) in [7, 11) is 0. The minimum absolute atomic E-state index is 0.603. The molecule has 0 spiro atoms. The summed E-state index contributed by atoms with van der Waals surface area (Å²) in [6, 6.07) is 57.3. The van der Waals surface area contributed by atoms with Crippen molar-refractivity contribution in [3.63, 3.8) is 0 Å². The van der Waals surface area contributed by atoms with Crippen LogP contribution in [0.2, 0.25) is 0 Å². The predicted molar refractivity (Wildman–Crippen MR) is 208 cm³/mol. The van der Waals surface area contributed by atoms with Crippen LogP contribution in [0.15, 0.2) is 168 Å². The van der Waals surface area contributed by atoms with Gasteiger partial charge in [-0.25, -0.2) is 15.0 Å². The zero-order valence-electron chi connectivity index (χ0n) is 27.3. The highest BCUT2D eigenvalue weighted by atomic mass is 16.3. The van der Waals surface area contributed by atoms with Crippen molar-refractivity contribution in [3.05, 3.63) is 164 Å². The van der Waals surface area contributed by atoms with Gasteiger partial charge in [0, 0.05) is 27.5 Å². The first kappa shape index (κ1) is 28.0. The van der Waals surface area contributed by atoms with Crippen LogP contribution in [-0.2, 0) is 0 Å². The summed E-state index contributed by atoms with van der Waals surface area (Å²) in [5.41, 5.74) is 11.7. The van der Waals surface area contributed by atoms with Crippen molar-refractivity contribution in [3.8, 4) is 67.5 Å². The SMILES string of the molecule is c1ccc(-c2nc(-c3ccc4ccccc4c3)nc(-c3c(-c4ccc5c6c(cccc46)-c4ccccc4-5)ccc4oc5ccccc5c34)n2)cc1. The van der Waals surface area contributed by atoms with Gasteiger partial charge in [-0.3, -0.25) is 0 Å². The molecule has 1 aliphatic rings. The fourth-order valence-corrected chi connectivity index (χ4v) is 7.98. The first-order valence-corrected chi connectivity index (χ1v) is 17.2. The molecule has 236 valence electrons. The van der Waals surface area contributed by atoms with Gasteiger partial charge in [-0.15, -0.1) is 0 Å². The van der Waals surface area contributed by atoms with Crippen LogP contribution < -0.4 is 0 Å². The van der Waals surface area contributed by atoms with E-state index in [9.17, 15) is 0 Å². The Morgan fingerprint density at radius 3 is 1.82 bits per heavy atom. The minimum Gasteiger partial charge on any atom is -0.456 e. The van der Waals surface area contributed by atoms with E-state index < -0.39 is 0 Å². The molecule has 2 aromatic heterocycles. The lowest BCUT2D eigenvalue weighted by Gasteiger charge is -2.16. The van der Waals surface area contributed by atoms with Gasteiger partial charge in [-0.05, 0) is 79.2 Å². The number of hydrogen-bond acceptors (Lipinski definition) is 4. The molecule has 0 fully saturated rings. The maximum atomic E-state index is 6.49. The number of benzene rings is 8. The Kier molecular flexibility index (Phi) is 5.92. The smallest absolute Gasteiger partial charge is 0.165 e. The summed E-state index contributed by atoms with van der Waals surface area (Å²) in [5, 5.41) is 6.79. The molecular formula is C47H27N3O. The van der Waals surface area contributed by atoms with Gasteiger partial charge in [0.1, 0.15) is 11.2 Å². The van der Waals surface area contributed by atoms with Crippen LogP contribution in [0.4, 0.5) is 0 Å². The van der Waals surface area contributed by atoms with Crippen LogP contribution in [0.5, 0.6) is 0 Å². The van der Waals surface area contributed by atoms with Gasteiger partial charge in [0.2, 0.25) is 0 Å². The summed E-state index contributed by atoms with van der Waals surface area (Å²) in [6.07, 6.45) is 0. The first-order valence-electron chi connectivity index (χ1n) is 17.2. The Balaban J connectivity index is 1.24. The second kappa shape index (κ2) is 10.8. The van der Waals surface area contributed by atoms with E-state index in [1.165, 1.54) is 38.4 Å². The van der Waals surface area contributed by atoms with Crippen LogP contribution in [-0.4, -0.2) is 15.0 Å². The maximum Gasteiger partial charge on any atom is 0.165 e. The standard InChI is InChI=1S/C47H27N3O/c1-2-12-29(13-3-1)45-48-46(31-22-21-28-11-4-5-14-30(28)27-31)50-47(49-45)44-38(25-26-41-43(44)39-17-8-9-20-40(39)51-41)34-23-24-37-33-16-7-6-15-32(33)35-18-10-19-36(34)42(35)37/h1-27H. The molecule has 10 aromatic rings. The maximum absolute atomic E-state index is 6.49. The molecule has 0 atom stereocenters. The van der Waals surface area contributed by atoms with Crippen molar-refractivity contribution in [2.75, 3.05) is 0 Å². The highest BCUT2D eigenvalue weighted by Gasteiger charge is 2.26. The average molecular weight is 650 g/mol. The van der Waals surface area contributed by atoms with Crippen molar-refractivity contribution in [1.29, 1.82) is 0 Å². The molecule has 51 heavy (non-hydrogen) atoms. The molecule has 8 aromatic carbocycles. The van der Waals surface area contributed by atoms with E-state index in [1.807, 2.05) is 30.3 Å². The molecule has 0 N–H and O–H groups in total. The monoisotopic (exact) mass is 649 g/mol. The van der Waals surface area contributed by atoms with Crippen molar-refractivity contribution in [2.24, 2.45) is 0 Å². The predicted octanol–water partition coefficient (Wildman–Crippen LogP) is 12.4. The average Bonchev–Trinajstić information content (AvgIpc) is 3.74. The molecule has 0 unspecified atom stereocenters. The Labute approximate surface area is 293 Å². The lowest BCUT2D eigenvalue weighted by molar-refractivity contribution is 0.669. The zero-order chi connectivity index (χ0) is 33.5. The van der Waals surface area contributed by atoms with E-state index in [-0.39, 0.29) is 0 Å². The molecule has 2 heterocycles. The van der Waals surface area contributed by atoms with Gasteiger partial charge in [-0.2, -0.15) is 0 Å². The molecule has 1 aliphatic carbocycles. The van der Waals surface area contributed by atoms with Gasteiger partial charge in [0.05, 0.1) is 0 Å². The molecule has 4 heteroatoms. The topological polar surface area (TPSA) is 51.8 Å². The lowest BCUT2D eigenvalue weighted by atomic mass is 9.89. The highest BCUT2D eigenvalue weighted by molar-refractivity contribution is 6.21. The molecule has 0 radical (unpaired) electrons. The molecule has 0 saturated carbocycles. The number of fused-ring (bicyclic) bond motifs is 7. The van der Waals surface area contributed by atoms with E-state index >= 15 is 0 Å². The minimum atomic E-state index is 0.603. The quantitative estimate of drug-likeness (QED) is 0.190. The molecule has 0 aliphatic heterocycles. The van der Waals surface area contributed by atoms with Gasteiger partial charge in [0.15, 0.2) is 17.5 Å². The molecule has 0 saturated heterocycles. The number of para-hydroxylation sites is 1. The third kappa shape index (κ3) is 4.23. The second-order valence-corrected chi connectivity index (χ2v) is 13.1. The van der Waals surface area contributed by atoms with Crippen molar-refractivity contribution in [1.82, 2.24) is 15.0 Å². The third-order valence-corrected chi connectivity index (χ3v) is 10.3. The Hall–Kier alpha value is -6.91. The molecule has 11 rings (SSSR count). The molecule has 0 amide bonds. The van der Waals surface area contributed by atoms with Crippen LogP contribution >= 0.6 is 0 Å². The molecular weight excluding hydrogens is 623 g/mol. The molecule has 4 nitrogen and oxygen atoms in total. The highest BCUT2D eigenvalue weighted by Crippen LogP contribution is 2.51. The van der Waals surface area contributed by atoms with E-state index in [0.29, 0.717) is 17.5 Å². The second-order valence-electron chi connectivity index (χ2n) is 13.1. The first-order chi connectivity index (χ1) is 25.3. The number of hydrogen-bond donors (Lipinski definition) is 0. The third-order valence-electron chi connectivity index (χ3n) is 10.3. The van der Waals surface area contributed by atoms with E-state index in [1.54, 1.807) is 0 Å². The number of nitrogens with zero attached hydrogens (tertiary/aromatic N) is 3. The normalized spacial score (nSPS) is 11.9. The van der Waals surface area contributed by atoms with Gasteiger partial charge in [-0.1, -0.05) is 140 Å². The summed E-state index contributed by atoms with van der Waals surface area (Å²) >= 11 is 0.